The van der Waals surface area contributed by atoms with E-state index in [1.54, 1.807) is 35.5 Å². The Balaban J connectivity index is 1.64. The van der Waals surface area contributed by atoms with Gasteiger partial charge in [-0.3, -0.25) is 14.7 Å². The molecule has 158 valence electrons. The number of hydrogen-bond acceptors (Lipinski definition) is 5. The zero-order valence-electron chi connectivity index (χ0n) is 16.9. The largest absolute Gasteiger partial charge is 0.482 e. The van der Waals surface area contributed by atoms with Crippen LogP contribution in [0.15, 0.2) is 54.9 Å². The normalized spacial score (nSPS) is 11.0. The first-order valence-electron chi connectivity index (χ1n) is 9.55. The van der Waals surface area contributed by atoms with Crippen molar-refractivity contribution in [3.63, 3.8) is 0 Å². The molecule has 0 atom stereocenters. The minimum Gasteiger partial charge on any atom is -0.482 e. The minimum absolute atomic E-state index is 0.185. The minimum atomic E-state index is -0.233. The molecule has 0 fully saturated rings. The third kappa shape index (κ3) is 4.98. The van der Waals surface area contributed by atoms with E-state index in [1.807, 2.05) is 25.1 Å². The maximum atomic E-state index is 13.2. The Labute approximate surface area is 194 Å². The van der Waals surface area contributed by atoms with Crippen LogP contribution in [0.25, 0.3) is 10.2 Å². The van der Waals surface area contributed by atoms with Crippen molar-refractivity contribution in [3.8, 4) is 5.75 Å². The van der Waals surface area contributed by atoms with E-state index < -0.39 is 0 Å². The quantitative estimate of drug-likeness (QED) is 0.334. The first-order chi connectivity index (χ1) is 14.9. The molecule has 0 saturated heterocycles. The first-order valence-corrected chi connectivity index (χ1v) is 11.1. The number of aryl methyl sites for hydroxylation is 2. The molecule has 4 aromatic rings. The highest BCUT2D eigenvalue weighted by Crippen LogP contribution is 2.33. The molecule has 5 nitrogen and oxygen atoms in total. The lowest BCUT2D eigenvalue weighted by atomic mass is 10.1. The number of hydrogen-bond donors (Lipinski definition) is 0. The molecular weight excluding hydrogens is 453 g/mol. The summed E-state index contributed by atoms with van der Waals surface area (Å²) in [7, 11) is 0. The molecule has 31 heavy (non-hydrogen) atoms. The number of carbonyl (C=O) groups is 1. The fourth-order valence-electron chi connectivity index (χ4n) is 3.23. The number of halogens is 2. The Kier molecular flexibility index (Phi) is 6.41. The number of thiazole rings is 1. The molecule has 0 bridgehead atoms. The van der Waals surface area contributed by atoms with Crippen molar-refractivity contribution in [2.75, 3.05) is 11.5 Å². The van der Waals surface area contributed by atoms with Gasteiger partial charge >= 0.3 is 0 Å². The fourth-order valence-corrected chi connectivity index (χ4v) is 4.72. The Morgan fingerprint density at radius 1 is 1.16 bits per heavy atom. The van der Waals surface area contributed by atoms with Gasteiger partial charge in [-0.1, -0.05) is 46.7 Å². The van der Waals surface area contributed by atoms with E-state index in [1.165, 1.54) is 11.3 Å². The summed E-state index contributed by atoms with van der Waals surface area (Å²) >= 11 is 13.6. The molecular formula is C23H19Cl2N3O2S. The van der Waals surface area contributed by atoms with Gasteiger partial charge in [-0.2, -0.15) is 0 Å². The highest BCUT2D eigenvalue weighted by Gasteiger charge is 2.22. The number of ether oxygens (including phenoxy) is 1. The average molecular weight is 472 g/mol. The summed E-state index contributed by atoms with van der Waals surface area (Å²) in [6, 6.07) is 12.8. The Morgan fingerprint density at radius 2 is 2.00 bits per heavy atom. The maximum Gasteiger partial charge on any atom is 0.267 e. The molecule has 0 N–H and O–H groups in total. The summed E-state index contributed by atoms with van der Waals surface area (Å²) in [5.41, 5.74) is 4.04. The number of anilines is 1. The lowest BCUT2D eigenvalue weighted by Gasteiger charge is -2.20. The summed E-state index contributed by atoms with van der Waals surface area (Å²) in [5, 5.41) is 1.47. The standard InChI is InChI=1S/C23H19Cl2N3O2S/c1-14-8-15(2)22-19(9-14)27-23(31-22)28(12-16-4-3-7-26-11-16)21(29)13-30-20-6-5-17(24)10-18(20)25/h3-11H,12-13H2,1-2H3. The van der Waals surface area contributed by atoms with Crippen LogP contribution in [-0.4, -0.2) is 22.5 Å². The highest BCUT2D eigenvalue weighted by molar-refractivity contribution is 7.22. The van der Waals surface area contributed by atoms with Crippen LogP contribution in [0.4, 0.5) is 5.13 Å². The second-order valence-electron chi connectivity index (χ2n) is 7.13. The summed E-state index contributed by atoms with van der Waals surface area (Å²) in [5.74, 6) is 0.166. The number of carbonyl (C=O) groups excluding carboxylic acids is 1. The molecule has 0 unspecified atom stereocenters. The van der Waals surface area contributed by atoms with Crippen LogP contribution in [0.2, 0.25) is 10.0 Å². The maximum absolute atomic E-state index is 13.2. The number of pyridine rings is 1. The smallest absolute Gasteiger partial charge is 0.267 e. The Morgan fingerprint density at radius 3 is 2.74 bits per heavy atom. The molecule has 0 saturated carbocycles. The van der Waals surface area contributed by atoms with Crippen molar-refractivity contribution >= 4 is 55.8 Å². The molecule has 2 aromatic carbocycles. The van der Waals surface area contributed by atoms with E-state index in [0.717, 1.165) is 26.9 Å². The first kappa shape index (κ1) is 21.6. The predicted octanol–water partition coefficient (Wildman–Crippen LogP) is 6.23. The van der Waals surface area contributed by atoms with E-state index >= 15 is 0 Å². The van der Waals surface area contributed by atoms with Gasteiger partial charge in [0.15, 0.2) is 11.7 Å². The van der Waals surface area contributed by atoms with Gasteiger partial charge in [0.05, 0.1) is 21.8 Å². The molecule has 0 aliphatic heterocycles. The average Bonchev–Trinajstić information content (AvgIpc) is 3.16. The number of fused-ring (bicyclic) bond motifs is 1. The van der Waals surface area contributed by atoms with Crippen molar-refractivity contribution in [2.24, 2.45) is 0 Å². The molecule has 0 spiro atoms. The number of rotatable bonds is 6. The molecule has 8 heteroatoms. The number of aromatic nitrogens is 2. The van der Waals surface area contributed by atoms with E-state index in [0.29, 0.717) is 27.5 Å². The van der Waals surface area contributed by atoms with Gasteiger partial charge in [-0.25, -0.2) is 4.98 Å². The van der Waals surface area contributed by atoms with Crippen LogP contribution in [0.3, 0.4) is 0 Å². The van der Waals surface area contributed by atoms with Crippen LogP contribution in [0.1, 0.15) is 16.7 Å². The third-order valence-corrected chi connectivity index (χ3v) is 6.41. The second-order valence-corrected chi connectivity index (χ2v) is 8.95. The monoisotopic (exact) mass is 471 g/mol. The van der Waals surface area contributed by atoms with Crippen LogP contribution < -0.4 is 9.64 Å². The topological polar surface area (TPSA) is 55.3 Å². The zero-order valence-corrected chi connectivity index (χ0v) is 19.3. The van der Waals surface area contributed by atoms with Crippen LogP contribution in [0.5, 0.6) is 5.75 Å². The number of benzene rings is 2. The van der Waals surface area contributed by atoms with E-state index in [9.17, 15) is 4.79 Å². The van der Waals surface area contributed by atoms with Gasteiger partial charge in [-0.15, -0.1) is 0 Å². The molecule has 2 heterocycles. The van der Waals surface area contributed by atoms with Gasteiger partial charge in [0.2, 0.25) is 0 Å². The zero-order chi connectivity index (χ0) is 22.0. The van der Waals surface area contributed by atoms with Gasteiger partial charge in [0, 0.05) is 17.4 Å². The van der Waals surface area contributed by atoms with E-state index in [2.05, 4.69) is 18.0 Å². The number of nitrogens with zero attached hydrogens (tertiary/aromatic N) is 3. The lowest BCUT2D eigenvalue weighted by Crippen LogP contribution is -2.34. The molecule has 2 aromatic heterocycles. The molecule has 1 amide bonds. The van der Waals surface area contributed by atoms with Crippen molar-refractivity contribution in [2.45, 2.75) is 20.4 Å². The van der Waals surface area contributed by atoms with Gasteiger partial charge in [0.1, 0.15) is 5.75 Å². The van der Waals surface area contributed by atoms with Crippen LogP contribution >= 0.6 is 34.5 Å². The predicted molar refractivity (Wildman–Crippen MR) is 126 cm³/mol. The molecule has 0 radical (unpaired) electrons. The van der Waals surface area contributed by atoms with Crippen molar-refractivity contribution < 1.29 is 9.53 Å². The molecule has 0 aliphatic carbocycles. The fraction of sp³-hybridized carbons (Fsp3) is 0.174. The van der Waals surface area contributed by atoms with Crippen molar-refractivity contribution in [1.82, 2.24) is 9.97 Å². The summed E-state index contributed by atoms with van der Waals surface area (Å²) in [6.45, 7) is 4.24. The van der Waals surface area contributed by atoms with E-state index in [-0.39, 0.29) is 12.5 Å². The summed E-state index contributed by atoms with van der Waals surface area (Å²) < 4.78 is 6.75. The Bertz CT molecular complexity index is 1240. The van der Waals surface area contributed by atoms with E-state index in [4.69, 9.17) is 32.9 Å². The van der Waals surface area contributed by atoms with Crippen molar-refractivity contribution in [3.05, 3.63) is 81.6 Å². The lowest BCUT2D eigenvalue weighted by molar-refractivity contribution is -0.120. The van der Waals surface area contributed by atoms with Gasteiger partial charge in [0.25, 0.3) is 5.91 Å². The third-order valence-electron chi connectivity index (χ3n) is 4.65. The Hall–Kier alpha value is -2.67. The molecule has 0 aliphatic rings. The summed E-state index contributed by atoms with van der Waals surface area (Å²) in [4.78, 5) is 23.7. The van der Waals surface area contributed by atoms with Crippen LogP contribution in [0, 0.1) is 13.8 Å². The second kappa shape index (κ2) is 9.22. The van der Waals surface area contributed by atoms with Crippen LogP contribution in [-0.2, 0) is 11.3 Å². The number of amides is 1. The van der Waals surface area contributed by atoms with Gasteiger partial charge in [-0.05, 0) is 60.9 Å². The highest BCUT2D eigenvalue weighted by atomic mass is 35.5. The van der Waals surface area contributed by atoms with Crippen molar-refractivity contribution in [1.29, 1.82) is 0 Å². The van der Waals surface area contributed by atoms with Gasteiger partial charge < -0.3 is 4.74 Å². The SMILES string of the molecule is Cc1cc(C)c2sc(N(Cc3cccnc3)C(=O)COc3ccc(Cl)cc3Cl)nc2c1. The molecule has 4 rings (SSSR count). The summed E-state index contributed by atoms with van der Waals surface area (Å²) in [6.07, 6.45) is 3.44.